The van der Waals surface area contributed by atoms with Crippen LogP contribution in [0.3, 0.4) is 0 Å². The molecule has 0 aliphatic carbocycles. The Morgan fingerprint density at radius 3 is 2.94 bits per heavy atom. The van der Waals surface area contributed by atoms with Crippen LogP contribution in [0.4, 0.5) is 0 Å². The molecule has 0 saturated carbocycles. The molecule has 5 nitrogen and oxygen atoms in total. The SMILES string of the molecule is Cc1cnnc(Oc2cccc(CC(=O)O)c2)c1. The quantitative estimate of drug-likeness (QED) is 0.892. The van der Waals surface area contributed by atoms with E-state index in [1.165, 1.54) is 0 Å². The van der Waals surface area contributed by atoms with Gasteiger partial charge in [-0.05, 0) is 30.2 Å². The molecule has 0 aliphatic rings. The van der Waals surface area contributed by atoms with Crippen molar-refractivity contribution in [3.05, 3.63) is 47.7 Å². The maximum absolute atomic E-state index is 10.6. The second kappa shape index (κ2) is 5.27. The second-order valence-corrected chi connectivity index (χ2v) is 3.89. The monoisotopic (exact) mass is 244 g/mol. The van der Waals surface area contributed by atoms with Gasteiger partial charge in [0.15, 0.2) is 0 Å². The lowest BCUT2D eigenvalue weighted by molar-refractivity contribution is -0.136. The van der Waals surface area contributed by atoms with Crippen molar-refractivity contribution in [1.82, 2.24) is 10.2 Å². The summed E-state index contributed by atoms with van der Waals surface area (Å²) in [6, 6.07) is 8.67. The summed E-state index contributed by atoms with van der Waals surface area (Å²) in [4.78, 5) is 10.6. The fourth-order valence-electron chi connectivity index (χ4n) is 1.50. The number of rotatable bonds is 4. The van der Waals surface area contributed by atoms with E-state index in [1.54, 1.807) is 36.5 Å². The molecule has 0 unspecified atom stereocenters. The van der Waals surface area contributed by atoms with Gasteiger partial charge in [0.1, 0.15) is 5.75 Å². The summed E-state index contributed by atoms with van der Waals surface area (Å²) in [5, 5.41) is 16.3. The molecule has 0 spiro atoms. The summed E-state index contributed by atoms with van der Waals surface area (Å²) < 4.78 is 5.51. The first kappa shape index (κ1) is 12.0. The molecule has 1 heterocycles. The van der Waals surface area contributed by atoms with Crippen molar-refractivity contribution in [1.29, 1.82) is 0 Å². The number of aliphatic carboxylic acids is 1. The standard InChI is InChI=1S/C13H12N2O3/c1-9-5-12(15-14-8-9)18-11-4-2-3-10(6-11)7-13(16)17/h2-6,8H,7H2,1H3,(H,16,17). The maximum atomic E-state index is 10.6. The van der Waals surface area contributed by atoms with E-state index >= 15 is 0 Å². The zero-order valence-corrected chi connectivity index (χ0v) is 9.83. The number of aryl methyl sites for hydroxylation is 1. The minimum Gasteiger partial charge on any atom is -0.481 e. The molecule has 0 saturated heterocycles. The lowest BCUT2D eigenvalue weighted by atomic mass is 10.1. The number of nitrogens with zero attached hydrogens (tertiary/aromatic N) is 2. The van der Waals surface area contributed by atoms with E-state index in [9.17, 15) is 4.79 Å². The second-order valence-electron chi connectivity index (χ2n) is 3.89. The van der Waals surface area contributed by atoms with Crippen molar-refractivity contribution < 1.29 is 14.6 Å². The van der Waals surface area contributed by atoms with Gasteiger partial charge in [-0.3, -0.25) is 4.79 Å². The first-order valence-electron chi connectivity index (χ1n) is 5.41. The highest BCUT2D eigenvalue weighted by Gasteiger charge is 2.04. The van der Waals surface area contributed by atoms with Crippen LogP contribution in [0.1, 0.15) is 11.1 Å². The van der Waals surface area contributed by atoms with Crippen molar-refractivity contribution in [3.63, 3.8) is 0 Å². The average Bonchev–Trinajstić information content (AvgIpc) is 2.28. The average molecular weight is 244 g/mol. The molecule has 1 N–H and O–H groups in total. The van der Waals surface area contributed by atoms with Gasteiger partial charge in [0, 0.05) is 6.07 Å². The molecule has 92 valence electrons. The molecule has 1 aromatic heterocycles. The number of hydrogen-bond acceptors (Lipinski definition) is 4. The van der Waals surface area contributed by atoms with Crippen molar-refractivity contribution in [2.24, 2.45) is 0 Å². The van der Waals surface area contributed by atoms with E-state index in [1.807, 2.05) is 6.92 Å². The highest BCUT2D eigenvalue weighted by Crippen LogP contribution is 2.20. The number of benzene rings is 1. The largest absolute Gasteiger partial charge is 0.481 e. The summed E-state index contributed by atoms with van der Waals surface area (Å²) in [6.45, 7) is 1.89. The molecule has 1 aromatic carbocycles. The molecule has 0 aliphatic heterocycles. The summed E-state index contributed by atoms with van der Waals surface area (Å²) in [5.74, 6) is 0.0682. The van der Waals surface area contributed by atoms with Gasteiger partial charge in [-0.15, -0.1) is 5.10 Å². The van der Waals surface area contributed by atoms with Gasteiger partial charge >= 0.3 is 5.97 Å². The number of carbonyl (C=O) groups is 1. The molecule has 18 heavy (non-hydrogen) atoms. The van der Waals surface area contributed by atoms with E-state index in [4.69, 9.17) is 9.84 Å². The molecule has 0 atom stereocenters. The van der Waals surface area contributed by atoms with Gasteiger partial charge in [0.2, 0.25) is 5.88 Å². The summed E-state index contributed by atoms with van der Waals surface area (Å²) in [6.07, 6.45) is 1.60. The molecule has 0 amide bonds. The smallest absolute Gasteiger partial charge is 0.307 e. The molecular weight excluding hydrogens is 232 g/mol. The van der Waals surface area contributed by atoms with E-state index in [2.05, 4.69) is 10.2 Å². The fourth-order valence-corrected chi connectivity index (χ4v) is 1.50. The topological polar surface area (TPSA) is 72.3 Å². The molecule has 2 aromatic rings. The van der Waals surface area contributed by atoms with Gasteiger partial charge in [0.05, 0.1) is 12.6 Å². The van der Waals surface area contributed by atoms with Gasteiger partial charge in [-0.25, -0.2) is 0 Å². The minimum absolute atomic E-state index is 0.0311. The Morgan fingerprint density at radius 1 is 1.39 bits per heavy atom. The number of aromatic nitrogens is 2. The first-order valence-corrected chi connectivity index (χ1v) is 5.41. The molecular formula is C13H12N2O3. The van der Waals surface area contributed by atoms with Gasteiger partial charge in [0.25, 0.3) is 0 Å². The highest BCUT2D eigenvalue weighted by molar-refractivity contribution is 5.70. The van der Waals surface area contributed by atoms with Crippen molar-refractivity contribution in [2.45, 2.75) is 13.3 Å². The Balaban J connectivity index is 2.16. The summed E-state index contributed by atoms with van der Waals surface area (Å²) >= 11 is 0. The number of carboxylic acids is 1. The lowest BCUT2D eigenvalue weighted by Gasteiger charge is -2.05. The van der Waals surface area contributed by atoms with E-state index in [0.29, 0.717) is 17.2 Å². The molecule has 5 heteroatoms. The molecule has 2 rings (SSSR count). The number of carboxylic acid groups (broad SMARTS) is 1. The number of ether oxygens (including phenoxy) is 1. The van der Waals surface area contributed by atoms with E-state index < -0.39 is 5.97 Å². The predicted octanol–water partition coefficient (Wildman–Crippen LogP) is 2.20. The van der Waals surface area contributed by atoms with Crippen LogP contribution in [0, 0.1) is 6.92 Å². The minimum atomic E-state index is -0.873. The third-order valence-corrected chi connectivity index (χ3v) is 2.25. The highest BCUT2D eigenvalue weighted by atomic mass is 16.5. The zero-order valence-electron chi connectivity index (χ0n) is 9.83. The van der Waals surface area contributed by atoms with Gasteiger partial charge < -0.3 is 9.84 Å². The Hall–Kier alpha value is -2.43. The van der Waals surface area contributed by atoms with Crippen molar-refractivity contribution in [2.75, 3.05) is 0 Å². The Bertz CT molecular complexity index is 570. The van der Waals surface area contributed by atoms with Crippen LogP contribution >= 0.6 is 0 Å². The lowest BCUT2D eigenvalue weighted by Crippen LogP contribution is -2.00. The Morgan fingerprint density at radius 2 is 2.22 bits per heavy atom. The van der Waals surface area contributed by atoms with Crippen LogP contribution in [0.5, 0.6) is 11.6 Å². The molecule has 0 bridgehead atoms. The van der Waals surface area contributed by atoms with Crippen LogP contribution in [0.15, 0.2) is 36.5 Å². The normalized spacial score (nSPS) is 10.1. The van der Waals surface area contributed by atoms with Crippen LogP contribution in [0.2, 0.25) is 0 Å². The van der Waals surface area contributed by atoms with Crippen molar-refractivity contribution >= 4 is 5.97 Å². The van der Waals surface area contributed by atoms with Gasteiger partial charge in [-0.2, -0.15) is 5.10 Å². The predicted molar refractivity (Wildman–Crippen MR) is 64.6 cm³/mol. The molecule has 0 radical (unpaired) electrons. The van der Waals surface area contributed by atoms with Crippen LogP contribution < -0.4 is 4.74 Å². The summed E-state index contributed by atoms with van der Waals surface area (Å²) in [7, 11) is 0. The fraction of sp³-hybridized carbons (Fsp3) is 0.154. The van der Waals surface area contributed by atoms with Gasteiger partial charge in [-0.1, -0.05) is 12.1 Å². The van der Waals surface area contributed by atoms with E-state index in [0.717, 1.165) is 5.56 Å². The maximum Gasteiger partial charge on any atom is 0.307 e. The Kier molecular flexibility index (Phi) is 3.52. The first-order chi connectivity index (χ1) is 8.63. The summed E-state index contributed by atoms with van der Waals surface area (Å²) in [5.41, 5.74) is 1.63. The zero-order chi connectivity index (χ0) is 13.0. The molecule has 0 fully saturated rings. The van der Waals surface area contributed by atoms with Crippen molar-refractivity contribution in [3.8, 4) is 11.6 Å². The third kappa shape index (κ3) is 3.28. The third-order valence-electron chi connectivity index (χ3n) is 2.25. The van der Waals surface area contributed by atoms with E-state index in [-0.39, 0.29) is 6.42 Å². The van der Waals surface area contributed by atoms with Crippen LogP contribution in [-0.2, 0) is 11.2 Å². The Labute approximate surface area is 104 Å². The van der Waals surface area contributed by atoms with Crippen LogP contribution in [0.25, 0.3) is 0 Å². The van der Waals surface area contributed by atoms with Crippen LogP contribution in [-0.4, -0.2) is 21.3 Å². The number of hydrogen-bond donors (Lipinski definition) is 1.